The number of nitrogens with one attached hydrogen (secondary N) is 2. The number of hydrazine groups is 1. The number of unbranched alkanes of at least 4 members (excludes halogenated alkanes) is 3. The van der Waals surface area contributed by atoms with Gasteiger partial charge in [0.15, 0.2) is 0 Å². The third-order valence-corrected chi connectivity index (χ3v) is 4.51. The highest BCUT2D eigenvalue weighted by atomic mass is 16.5. The van der Waals surface area contributed by atoms with Crippen molar-refractivity contribution in [2.45, 2.75) is 52.4 Å². The molecule has 150 valence electrons. The van der Waals surface area contributed by atoms with Gasteiger partial charge in [-0.05, 0) is 54.3 Å². The quantitative estimate of drug-likeness (QED) is 0.481. The van der Waals surface area contributed by atoms with Crippen LogP contribution in [0.25, 0.3) is 0 Å². The normalized spacial score (nSPS) is 10.6. The highest BCUT2D eigenvalue weighted by molar-refractivity contribution is 5.99. The smallest absolute Gasteiger partial charge is 0.269 e. The predicted octanol–water partition coefficient (Wildman–Crippen LogP) is 4.84. The molecule has 0 atom stereocenters. The Balaban J connectivity index is 1.79. The highest BCUT2D eigenvalue weighted by Crippen LogP contribution is 2.15. The summed E-state index contributed by atoms with van der Waals surface area (Å²) in [6.07, 6.45) is 4.61. The minimum absolute atomic E-state index is 0.351. The van der Waals surface area contributed by atoms with Crippen molar-refractivity contribution in [3.05, 3.63) is 65.2 Å². The zero-order chi connectivity index (χ0) is 20.4. The molecule has 2 aromatic carbocycles. The van der Waals surface area contributed by atoms with Gasteiger partial charge in [0.2, 0.25) is 0 Å². The van der Waals surface area contributed by atoms with E-state index >= 15 is 0 Å². The summed E-state index contributed by atoms with van der Waals surface area (Å²) < 4.78 is 5.67. The van der Waals surface area contributed by atoms with Crippen molar-refractivity contribution in [2.75, 3.05) is 6.61 Å². The van der Waals surface area contributed by atoms with Gasteiger partial charge in [0, 0.05) is 11.1 Å². The number of carbonyl (C=O) groups is 2. The molecule has 0 aliphatic carbocycles. The molecule has 0 radical (unpaired) electrons. The molecule has 0 heterocycles. The Kier molecular flexibility index (Phi) is 8.53. The van der Waals surface area contributed by atoms with Gasteiger partial charge in [-0.15, -0.1) is 0 Å². The Morgan fingerprint density at radius 3 is 1.86 bits per heavy atom. The van der Waals surface area contributed by atoms with Gasteiger partial charge in [-0.2, -0.15) is 0 Å². The first-order valence-corrected chi connectivity index (χ1v) is 9.94. The van der Waals surface area contributed by atoms with Crippen molar-refractivity contribution in [1.82, 2.24) is 10.9 Å². The van der Waals surface area contributed by atoms with Gasteiger partial charge >= 0.3 is 0 Å². The van der Waals surface area contributed by atoms with E-state index in [-0.39, 0.29) is 11.8 Å². The maximum absolute atomic E-state index is 12.2. The number of ether oxygens (including phenoxy) is 1. The van der Waals surface area contributed by atoms with Crippen LogP contribution in [-0.4, -0.2) is 18.4 Å². The molecule has 0 unspecified atom stereocenters. The highest BCUT2D eigenvalue weighted by Gasteiger charge is 2.10. The lowest BCUT2D eigenvalue weighted by Crippen LogP contribution is -2.41. The average molecular weight is 383 g/mol. The van der Waals surface area contributed by atoms with Crippen molar-refractivity contribution in [2.24, 2.45) is 0 Å². The Hall–Kier alpha value is -2.82. The van der Waals surface area contributed by atoms with E-state index in [1.54, 1.807) is 36.4 Å². The third-order valence-electron chi connectivity index (χ3n) is 4.51. The summed E-state index contributed by atoms with van der Waals surface area (Å²) in [7, 11) is 0. The largest absolute Gasteiger partial charge is 0.494 e. The van der Waals surface area contributed by atoms with Crippen molar-refractivity contribution >= 4 is 11.8 Å². The molecule has 2 aromatic rings. The Morgan fingerprint density at radius 2 is 1.36 bits per heavy atom. The number of hydrogen-bond donors (Lipinski definition) is 2. The summed E-state index contributed by atoms with van der Waals surface area (Å²) in [5.74, 6) is 0.416. The maximum atomic E-state index is 12.2. The third kappa shape index (κ3) is 6.72. The minimum Gasteiger partial charge on any atom is -0.494 e. The van der Waals surface area contributed by atoms with Crippen LogP contribution in [0.4, 0.5) is 0 Å². The molecule has 2 rings (SSSR count). The van der Waals surface area contributed by atoms with E-state index in [1.165, 1.54) is 12.8 Å². The lowest BCUT2D eigenvalue weighted by Gasteiger charge is -2.10. The molecule has 0 aromatic heterocycles. The summed E-state index contributed by atoms with van der Waals surface area (Å²) in [6, 6.07) is 14.2. The van der Waals surface area contributed by atoms with Crippen LogP contribution in [0, 0.1) is 0 Å². The fraction of sp³-hybridized carbons (Fsp3) is 0.391. The Labute approximate surface area is 167 Å². The van der Waals surface area contributed by atoms with Crippen LogP contribution in [0.5, 0.6) is 5.75 Å². The van der Waals surface area contributed by atoms with Crippen LogP contribution in [0.1, 0.15) is 78.7 Å². The summed E-state index contributed by atoms with van der Waals surface area (Å²) in [5, 5.41) is 0. The molecule has 0 saturated heterocycles. The lowest BCUT2D eigenvalue weighted by molar-refractivity contribution is 0.0846. The van der Waals surface area contributed by atoms with E-state index in [4.69, 9.17) is 4.74 Å². The van der Waals surface area contributed by atoms with Crippen molar-refractivity contribution < 1.29 is 14.3 Å². The Bertz CT molecular complexity index is 752. The van der Waals surface area contributed by atoms with Crippen molar-refractivity contribution in [3.63, 3.8) is 0 Å². The predicted molar refractivity (Wildman–Crippen MR) is 112 cm³/mol. The molecule has 0 saturated carbocycles. The molecule has 0 aliphatic rings. The summed E-state index contributed by atoms with van der Waals surface area (Å²) in [5.41, 5.74) is 7.00. The van der Waals surface area contributed by atoms with E-state index in [2.05, 4.69) is 31.6 Å². The average Bonchev–Trinajstić information content (AvgIpc) is 2.72. The fourth-order valence-corrected chi connectivity index (χ4v) is 2.70. The van der Waals surface area contributed by atoms with E-state index in [0.29, 0.717) is 23.7 Å². The maximum Gasteiger partial charge on any atom is 0.269 e. The van der Waals surface area contributed by atoms with Crippen LogP contribution in [0.15, 0.2) is 48.5 Å². The summed E-state index contributed by atoms with van der Waals surface area (Å²) in [4.78, 5) is 24.4. The second-order valence-electron chi connectivity index (χ2n) is 7.12. The molecular weight excluding hydrogens is 352 g/mol. The van der Waals surface area contributed by atoms with Crippen LogP contribution in [0.3, 0.4) is 0 Å². The van der Waals surface area contributed by atoms with Gasteiger partial charge < -0.3 is 4.74 Å². The Morgan fingerprint density at radius 1 is 0.821 bits per heavy atom. The zero-order valence-electron chi connectivity index (χ0n) is 17.0. The molecule has 5 heteroatoms. The first-order valence-electron chi connectivity index (χ1n) is 9.94. The van der Waals surface area contributed by atoms with Crippen LogP contribution < -0.4 is 15.6 Å². The standard InChI is InChI=1S/C23H30N2O3/c1-4-5-6-7-16-28-21-14-12-20(13-15-21)23(27)25-24-22(26)19-10-8-18(9-11-19)17(2)3/h8-15,17H,4-7,16H2,1-3H3,(H,24,26)(H,25,27). The van der Waals surface area contributed by atoms with Crippen LogP contribution in [0.2, 0.25) is 0 Å². The van der Waals surface area contributed by atoms with Crippen LogP contribution in [-0.2, 0) is 0 Å². The van der Waals surface area contributed by atoms with E-state index < -0.39 is 0 Å². The first kappa shape index (κ1) is 21.5. The zero-order valence-corrected chi connectivity index (χ0v) is 17.0. The molecule has 2 N–H and O–H groups in total. The van der Waals surface area contributed by atoms with E-state index in [9.17, 15) is 9.59 Å². The number of rotatable bonds is 9. The van der Waals surface area contributed by atoms with Crippen molar-refractivity contribution in [1.29, 1.82) is 0 Å². The first-order chi connectivity index (χ1) is 13.5. The lowest BCUT2D eigenvalue weighted by atomic mass is 10.0. The minimum atomic E-state index is -0.373. The second-order valence-corrected chi connectivity index (χ2v) is 7.12. The summed E-state index contributed by atoms with van der Waals surface area (Å²) in [6.45, 7) is 7.04. The molecule has 28 heavy (non-hydrogen) atoms. The van der Waals surface area contributed by atoms with Gasteiger partial charge in [-0.25, -0.2) is 0 Å². The number of benzene rings is 2. The van der Waals surface area contributed by atoms with Gasteiger partial charge in [0.25, 0.3) is 11.8 Å². The number of carbonyl (C=O) groups excluding carboxylic acids is 2. The molecular formula is C23H30N2O3. The monoisotopic (exact) mass is 382 g/mol. The van der Waals surface area contributed by atoms with Gasteiger partial charge in [-0.1, -0.05) is 52.2 Å². The molecule has 2 amide bonds. The topological polar surface area (TPSA) is 67.4 Å². The SMILES string of the molecule is CCCCCCOc1ccc(C(=O)NNC(=O)c2ccc(C(C)C)cc2)cc1. The molecule has 0 spiro atoms. The van der Waals surface area contributed by atoms with Gasteiger partial charge in [-0.3, -0.25) is 20.4 Å². The second kappa shape index (κ2) is 11.1. The molecule has 0 fully saturated rings. The van der Waals surface area contributed by atoms with E-state index in [0.717, 1.165) is 24.2 Å². The van der Waals surface area contributed by atoms with Gasteiger partial charge in [0.05, 0.1) is 6.61 Å². The number of hydrogen-bond acceptors (Lipinski definition) is 3. The number of amides is 2. The fourth-order valence-electron chi connectivity index (χ4n) is 2.70. The van der Waals surface area contributed by atoms with Gasteiger partial charge in [0.1, 0.15) is 5.75 Å². The summed E-state index contributed by atoms with van der Waals surface area (Å²) >= 11 is 0. The molecule has 5 nitrogen and oxygen atoms in total. The van der Waals surface area contributed by atoms with E-state index in [1.807, 2.05) is 12.1 Å². The van der Waals surface area contributed by atoms with Crippen LogP contribution >= 0.6 is 0 Å². The van der Waals surface area contributed by atoms with Crippen molar-refractivity contribution in [3.8, 4) is 5.75 Å². The molecule has 0 aliphatic heterocycles. The molecule has 0 bridgehead atoms.